The molecule has 1 aliphatic carbocycles. The van der Waals surface area contributed by atoms with Crippen LogP contribution in [0.15, 0.2) is 23.8 Å². The molecule has 1 unspecified atom stereocenters. The van der Waals surface area contributed by atoms with Gasteiger partial charge < -0.3 is 0 Å². The summed E-state index contributed by atoms with van der Waals surface area (Å²) >= 11 is 0. The topological polar surface area (TPSA) is 17.1 Å². The number of Topliss-reactive ketones (excluding diaryl/α,β-unsaturated/α-hetero) is 1. The molecular weight excluding hydrogens is 196 g/mol. The highest BCUT2D eigenvalue weighted by Crippen LogP contribution is 2.22. The Balaban J connectivity index is 2.50. The zero-order valence-electron chi connectivity index (χ0n) is 10.7. The maximum Gasteiger partial charge on any atom is 0.155 e. The summed E-state index contributed by atoms with van der Waals surface area (Å²) in [6.45, 7) is 3.90. The average Bonchev–Trinajstić information content (AvgIpc) is 2.29. The first-order chi connectivity index (χ1) is 7.74. The summed E-state index contributed by atoms with van der Waals surface area (Å²) < 4.78 is 0. The second-order valence-corrected chi connectivity index (χ2v) is 4.75. The Kier molecular flexibility index (Phi) is 6.14. The van der Waals surface area contributed by atoms with Crippen molar-refractivity contribution < 1.29 is 4.79 Å². The third kappa shape index (κ3) is 4.78. The molecule has 0 N–H and O–H groups in total. The molecule has 0 radical (unpaired) electrons. The molecule has 1 heteroatoms. The van der Waals surface area contributed by atoms with Crippen LogP contribution in [0.4, 0.5) is 0 Å². The summed E-state index contributed by atoms with van der Waals surface area (Å²) in [6, 6.07) is 0. The van der Waals surface area contributed by atoms with Gasteiger partial charge in [-0.2, -0.15) is 0 Å². The largest absolute Gasteiger partial charge is 0.295 e. The van der Waals surface area contributed by atoms with Crippen LogP contribution >= 0.6 is 0 Å². The highest BCUT2D eigenvalue weighted by molar-refractivity contribution is 5.93. The lowest BCUT2D eigenvalue weighted by atomic mass is 9.90. The molecule has 16 heavy (non-hydrogen) atoms. The van der Waals surface area contributed by atoms with Crippen molar-refractivity contribution in [1.29, 1.82) is 0 Å². The fourth-order valence-electron chi connectivity index (χ4n) is 2.20. The van der Waals surface area contributed by atoms with Gasteiger partial charge in [-0.3, -0.25) is 4.79 Å². The Bertz CT molecular complexity index is 273. The van der Waals surface area contributed by atoms with Gasteiger partial charge >= 0.3 is 0 Å². The molecule has 0 spiro atoms. The minimum absolute atomic E-state index is 0.269. The summed E-state index contributed by atoms with van der Waals surface area (Å²) in [5.74, 6) is 0.871. The zero-order valence-corrected chi connectivity index (χ0v) is 10.7. The lowest BCUT2D eigenvalue weighted by molar-refractivity contribution is -0.113. The number of unbranched alkanes of at least 4 members (excludes halogenated alkanes) is 2. The van der Waals surface area contributed by atoms with Gasteiger partial charge in [-0.15, -0.1) is 0 Å². The number of carbonyl (C=O) groups excluding carboxylic acids is 1. The predicted octanol–water partition coefficient (Wildman–Crippen LogP) is 4.44. The van der Waals surface area contributed by atoms with Crippen LogP contribution in [0.1, 0.15) is 58.8 Å². The minimum atomic E-state index is 0.269. The SMILES string of the molecule is CCCCCC(=CC1CC=CCC1)C(C)=O. The number of allylic oxidation sites excluding steroid dienone is 4. The van der Waals surface area contributed by atoms with Crippen LogP contribution in [0.2, 0.25) is 0 Å². The van der Waals surface area contributed by atoms with E-state index in [4.69, 9.17) is 0 Å². The molecule has 1 atom stereocenters. The third-order valence-electron chi connectivity index (χ3n) is 3.25. The number of carbonyl (C=O) groups is 1. The summed E-state index contributed by atoms with van der Waals surface area (Å²) in [5.41, 5.74) is 1.06. The van der Waals surface area contributed by atoms with Crippen LogP contribution in [-0.2, 0) is 4.79 Å². The molecule has 1 rings (SSSR count). The highest BCUT2D eigenvalue weighted by atomic mass is 16.1. The molecule has 1 aliphatic rings. The average molecular weight is 220 g/mol. The lowest BCUT2D eigenvalue weighted by Crippen LogP contribution is -2.04. The zero-order chi connectivity index (χ0) is 11.8. The summed E-state index contributed by atoms with van der Waals surface area (Å²) in [6.07, 6.45) is 14.8. The molecule has 0 saturated heterocycles. The van der Waals surface area contributed by atoms with Crippen molar-refractivity contribution in [1.82, 2.24) is 0 Å². The van der Waals surface area contributed by atoms with Gasteiger partial charge in [-0.25, -0.2) is 0 Å². The van der Waals surface area contributed by atoms with Gasteiger partial charge in [0.25, 0.3) is 0 Å². The van der Waals surface area contributed by atoms with Gasteiger partial charge in [0.05, 0.1) is 0 Å². The van der Waals surface area contributed by atoms with Crippen molar-refractivity contribution in [2.24, 2.45) is 5.92 Å². The maximum absolute atomic E-state index is 11.5. The van der Waals surface area contributed by atoms with Crippen LogP contribution in [0.5, 0.6) is 0 Å². The number of ketones is 1. The van der Waals surface area contributed by atoms with E-state index in [-0.39, 0.29) is 5.78 Å². The van der Waals surface area contributed by atoms with Gasteiger partial charge in [0.2, 0.25) is 0 Å². The smallest absolute Gasteiger partial charge is 0.155 e. The molecule has 0 saturated carbocycles. The van der Waals surface area contributed by atoms with E-state index in [1.54, 1.807) is 6.92 Å². The van der Waals surface area contributed by atoms with Crippen LogP contribution in [-0.4, -0.2) is 5.78 Å². The molecule has 0 aromatic rings. The molecule has 0 aliphatic heterocycles. The van der Waals surface area contributed by atoms with Gasteiger partial charge in [-0.05, 0) is 50.5 Å². The number of rotatable bonds is 6. The predicted molar refractivity (Wildman–Crippen MR) is 69.4 cm³/mol. The molecule has 90 valence electrons. The van der Waals surface area contributed by atoms with E-state index in [9.17, 15) is 4.79 Å². The van der Waals surface area contributed by atoms with E-state index in [0.717, 1.165) is 24.8 Å². The monoisotopic (exact) mass is 220 g/mol. The quantitative estimate of drug-likeness (QED) is 0.367. The third-order valence-corrected chi connectivity index (χ3v) is 3.25. The van der Waals surface area contributed by atoms with Gasteiger partial charge in [0, 0.05) is 0 Å². The Morgan fingerprint density at radius 2 is 2.19 bits per heavy atom. The van der Waals surface area contributed by atoms with Crippen molar-refractivity contribution in [3.05, 3.63) is 23.8 Å². The van der Waals surface area contributed by atoms with Gasteiger partial charge in [0.15, 0.2) is 5.78 Å². The fraction of sp³-hybridized carbons (Fsp3) is 0.667. The molecule has 0 aromatic heterocycles. The van der Waals surface area contributed by atoms with Crippen LogP contribution in [0, 0.1) is 5.92 Å². The van der Waals surface area contributed by atoms with Crippen LogP contribution in [0.25, 0.3) is 0 Å². The summed E-state index contributed by atoms with van der Waals surface area (Å²) in [4.78, 5) is 11.5. The molecule has 0 fully saturated rings. The molecular formula is C15H24O. The molecule has 1 nitrogen and oxygen atoms in total. The molecule has 0 aromatic carbocycles. The Morgan fingerprint density at radius 1 is 1.38 bits per heavy atom. The molecule has 0 bridgehead atoms. The first-order valence-corrected chi connectivity index (χ1v) is 6.60. The Morgan fingerprint density at radius 3 is 2.75 bits per heavy atom. The Hall–Kier alpha value is -0.850. The fourth-order valence-corrected chi connectivity index (χ4v) is 2.20. The number of hydrogen-bond acceptors (Lipinski definition) is 1. The van der Waals surface area contributed by atoms with Crippen molar-refractivity contribution in [2.45, 2.75) is 58.8 Å². The first-order valence-electron chi connectivity index (χ1n) is 6.60. The summed E-state index contributed by atoms with van der Waals surface area (Å²) in [7, 11) is 0. The maximum atomic E-state index is 11.5. The lowest BCUT2D eigenvalue weighted by Gasteiger charge is -2.15. The minimum Gasteiger partial charge on any atom is -0.295 e. The van der Waals surface area contributed by atoms with Crippen molar-refractivity contribution >= 4 is 5.78 Å². The van der Waals surface area contributed by atoms with Crippen molar-refractivity contribution in [3.8, 4) is 0 Å². The first kappa shape index (κ1) is 13.2. The van der Waals surface area contributed by atoms with Gasteiger partial charge in [-0.1, -0.05) is 38.0 Å². The summed E-state index contributed by atoms with van der Waals surface area (Å²) in [5, 5.41) is 0. The van der Waals surface area contributed by atoms with E-state index < -0.39 is 0 Å². The standard InChI is InChI=1S/C15H24O/c1-3-4-6-11-15(13(2)16)12-14-9-7-5-8-10-14/h5,7,12,14H,3-4,6,8-11H2,1-2H3. The van der Waals surface area contributed by atoms with E-state index in [1.807, 2.05) is 0 Å². The van der Waals surface area contributed by atoms with E-state index >= 15 is 0 Å². The second-order valence-electron chi connectivity index (χ2n) is 4.75. The van der Waals surface area contributed by atoms with Crippen LogP contribution in [0.3, 0.4) is 0 Å². The number of hydrogen-bond donors (Lipinski definition) is 0. The van der Waals surface area contributed by atoms with Crippen LogP contribution < -0.4 is 0 Å². The molecule has 0 heterocycles. The second kappa shape index (κ2) is 7.43. The van der Waals surface area contributed by atoms with E-state index in [2.05, 4.69) is 25.2 Å². The highest BCUT2D eigenvalue weighted by Gasteiger charge is 2.10. The van der Waals surface area contributed by atoms with E-state index in [0.29, 0.717) is 5.92 Å². The van der Waals surface area contributed by atoms with Crippen molar-refractivity contribution in [2.75, 3.05) is 0 Å². The van der Waals surface area contributed by atoms with Gasteiger partial charge in [0.1, 0.15) is 0 Å². The Labute approximate surface area is 99.6 Å². The van der Waals surface area contributed by atoms with Crippen molar-refractivity contribution in [3.63, 3.8) is 0 Å². The van der Waals surface area contributed by atoms with E-state index in [1.165, 1.54) is 25.7 Å². The molecule has 0 amide bonds. The normalized spacial score (nSPS) is 21.1.